The number of nitrogens with one attached hydrogen (secondary N) is 1. The summed E-state index contributed by atoms with van der Waals surface area (Å²) < 4.78 is 40.7. The zero-order chi connectivity index (χ0) is 17.9. The second-order valence-corrected chi connectivity index (χ2v) is 5.84. The fourth-order valence-electron chi connectivity index (χ4n) is 2.01. The minimum absolute atomic E-state index is 0.0115. The summed E-state index contributed by atoms with van der Waals surface area (Å²) in [5.74, 6) is -0.277. The van der Waals surface area contributed by atoms with Crippen molar-refractivity contribution in [2.45, 2.75) is 32.6 Å². The number of alkyl halides is 3. The maximum atomic E-state index is 12.7. The van der Waals surface area contributed by atoms with Gasteiger partial charge in [-0.3, -0.25) is 14.2 Å². The molecule has 1 amide bonds. The van der Waals surface area contributed by atoms with E-state index in [1.807, 2.05) is 0 Å². The largest absolute Gasteiger partial charge is 0.436 e. The maximum absolute atomic E-state index is 12.7. The van der Waals surface area contributed by atoms with Crippen LogP contribution in [-0.4, -0.2) is 32.0 Å². The van der Waals surface area contributed by atoms with Gasteiger partial charge >= 0.3 is 6.18 Å². The van der Waals surface area contributed by atoms with Gasteiger partial charge in [0.1, 0.15) is 6.54 Å². The fraction of sp³-hybridized carbons (Fsp3) is 0.462. The fourth-order valence-corrected chi connectivity index (χ4v) is 2.41. The first-order chi connectivity index (χ1) is 11.2. The van der Waals surface area contributed by atoms with E-state index in [0.717, 1.165) is 0 Å². The number of amides is 1. The molecule has 2 heterocycles. The number of nitrogens with zero attached hydrogens (tertiary/aromatic N) is 4. The van der Waals surface area contributed by atoms with E-state index in [1.54, 1.807) is 0 Å². The average molecular weight is 384 g/mol. The molecule has 0 bridgehead atoms. The van der Waals surface area contributed by atoms with E-state index >= 15 is 0 Å². The van der Waals surface area contributed by atoms with Gasteiger partial charge in [-0.1, -0.05) is 23.2 Å². The molecule has 2 aromatic heterocycles. The molecule has 0 saturated carbocycles. The molecule has 0 fully saturated rings. The second kappa shape index (κ2) is 7.43. The van der Waals surface area contributed by atoms with Gasteiger partial charge in [0.2, 0.25) is 5.91 Å². The van der Waals surface area contributed by atoms with Crippen LogP contribution in [0.3, 0.4) is 0 Å². The summed E-state index contributed by atoms with van der Waals surface area (Å²) in [4.78, 5) is 11.7. The lowest BCUT2D eigenvalue weighted by atomic mass is 10.3. The van der Waals surface area contributed by atoms with Crippen LogP contribution < -0.4 is 5.32 Å². The molecule has 2 aromatic rings. The molecule has 0 unspecified atom stereocenters. The highest BCUT2D eigenvalue weighted by atomic mass is 35.5. The molecule has 0 spiro atoms. The predicted molar refractivity (Wildman–Crippen MR) is 81.8 cm³/mol. The van der Waals surface area contributed by atoms with Crippen LogP contribution in [0.5, 0.6) is 0 Å². The normalized spacial score (nSPS) is 11.8. The number of halogens is 5. The molecule has 0 aliphatic rings. The summed E-state index contributed by atoms with van der Waals surface area (Å²) in [6, 6.07) is 0. The molecule has 2 rings (SSSR count). The molecule has 11 heteroatoms. The van der Waals surface area contributed by atoms with Gasteiger partial charge in [0.15, 0.2) is 5.69 Å². The highest BCUT2D eigenvalue weighted by Crippen LogP contribution is 2.35. The van der Waals surface area contributed by atoms with Crippen LogP contribution in [0.1, 0.15) is 17.8 Å². The number of carbonyl (C=O) groups excluding carboxylic acids is 1. The summed E-state index contributed by atoms with van der Waals surface area (Å²) in [6.07, 6.45) is -1.26. The van der Waals surface area contributed by atoms with E-state index < -0.39 is 16.9 Å². The Morgan fingerprint density at radius 2 is 2.08 bits per heavy atom. The number of hydrogen-bond donors (Lipinski definition) is 1. The number of aromatic nitrogens is 4. The molecule has 0 aromatic carbocycles. The maximum Gasteiger partial charge on any atom is 0.436 e. The Hall–Kier alpha value is -1.74. The summed E-state index contributed by atoms with van der Waals surface area (Å²) in [5, 5.41) is 10.0. The third-order valence-electron chi connectivity index (χ3n) is 3.18. The first kappa shape index (κ1) is 18.6. The van der Waals surface area contributed by atoms with Gasteiger partial charge in [0, 0.05) is 19.3 Å². The molecular formula is C13H14Cl2F3N5O. The lowest BCUT2D eigenvalue weighted by molar-refractivity contribution is -0.141. The first-order valence-electron chi connectivity index (χ1n) is 6.93. The SMILES string of the molecule is Cc1c(Cl)c(C(F)(F)F)nn1CCCNC(=O)Cn1cc(Cl)cn1. The third-order valence-corrected chi connectivity index (χ3v) is 3.83. The Labute approximate surface area is 145 Å². The molecule has 0 radical (unpaired) electrons. The molecule has 0 saturated heterocycles. The summed E-state index contributed by atoms with van der Waals surface area (Å²) in [5.41, 5.74) is -0.859. The zero-order valence-corrected chi connectivity index (χ0v) is 14.1. The quantitative estimate of drug-likeness (QED) is 0.779. The van der Waals surface area contributed by atoms with Crippen molar-refractivity contribution in [3.63, 3.8) is 0 Å². The molecule has 1 N–H and O–H groups in total. The van der Waals surface area contributed by atoms with Gasteiger partial charge < -0.3 is 5.32 Å². The van der Waals surface area contributed by atoms with Crippen molar-refractivity contribution < 1.29 is 18.0 Å². The summed E-state index contributed by atoms with van der Waals surface area (Å²) in [7, 11) is 0. The molecule has 24 heavy (non-hydrogen) atoms. The van der Waals surface area contributed by atoms with Crippen LogP contribution in [0, 0.1) is 6.92 Å². The lowest BCUT2D eigenvalue weighted by Gasteiger charge is -2.07. The second-order valence-electron chi connectivity index (χ2n) is 5.03. The lowest BCUT2D eigenvalue weighted by Crippen LogP contribution is -2.29. The Kier molecular flexibility index (Phi) is 5.76. The van der Waals surface area contributed by atoms with E-state index in [0.29, 0.717) is 11.4 Å². The van der Waals surface area contributed by atoms with Gasteiger partial charge in [-0.05, 0) is 13.3 Å². The standard InChI is InChI=1S/C13H14Cl2F3N5O/c1-8-11(15)12(13(16,17)18)21-23(8)4-2-3-19-10(24)7-22-6-9(14)5-20-22/h5-6H,2-4,7H2,1H3,(H,19,24). The van der Waals surface area contributed by atoms with Crippen molar-refractivity contribution in [1.29, 1.82) is 0 Å². The summed E-state index contributed by atoms with van der Waals surface area (Å²) in [6.45, 7) is 1.96. The van der Waals surface area contributed by atoms with Gasteiger partial charge in [-0.25, -0.2) is 0 Å². The molecule has 0 atom stereocenters. The first-order valence-corrected chi connectivity index (χ1v) is 7.69. The number of hydrogen-bond acceptors (Lipinski definition) is 3. The highest BCUT2D eigenvalue weighted by molar-refractivity contribution is 6.32. The smallest absolute Gasteiger partial charge is 0.354 e. The van der Waals surface area contributed by atoms with Crippen molar-refractivity contribution in [2.75, 3.05) is 6.54 Å². The number of aryl methyl sites for hydroxylation is 1. The van der Waals surface area contributed by atoms with Crippen LogP contribution in [0.15, 0.2) is 12.4 Å². The van der Waals surface area contributed by atoms with E-state index in [-0.39, 0.29) is 31.2 Å². The van der Waals surface area contributed by atoms with Crippen LogP contribution in [0.2, 0.25) is 10.0 Å². The molecule has 132 valence electrons. The Morgan fingerprint density at radius 3 is 2.62 bits per heavy atom. The van der Waals surface area contributed by atoms with E-state index in [2.05, 4.69) is 15.5 Å². The minimum Gasteiger partial charge on any atom is -0.354 e. The van der Waals surface area contributed by atoms with Gasteiger partial charge in [0.25, 0.3) is 0 Å². The van der Waals surface area contributed by atoms with E-state index in [9.17, 15) is 18.0 Å². The average Bonchev–Trinajstić information content (AvgIpc) is 3.00. The zero-order valence-electron chi connectivity index (χ0n) is 12.6. The Balaban J connectivity index is 1.81. The monoisotopic (exact) mass is 383 g/mol. The van der Waals surface area contributed by atoms with E-state index in [4.69, 9.17) is 23.2 Å². The molecule has 6 nitrogen and oxygen atoms in total. The van der Waals surface area contributed by atoms with Crippen molar-refractivity contribution in [3.05, 3.63) is 33.8 Å². The van der Waals surface area contributed by atoms with Crippen molar-refractivity contribution in [3.8, 4) is 0 Å². The van der Waals surface area contributed by atoms with Gasteiger partial charge in [0.05, 0.1) is 21.9 Å². The number of carbonyl (C=O) groups is 1. The topological polar surface area (TPSA) is 64.7 Å². The third kappa shape index (κ3) is 4.64. The van der Waals surface area contributed by atoms with Crippen LogP contribution in [-0.2, 0) is 24.1 Å². The Bertz CT molecular complexity index is 726. The van der Waals surface area contributed by atoms with Crippen LogP contribution in [0.4, 0.5) is 13.2 Å². The van der Waals surface area contributed by atoms with Crippen LogP contribution >= 0.6 is 23.2 Å². The van der Waals surface area contributed by atoms with Crippen molar-refractivity contribution >= 4 is 29.1 Å². The molecule has 0 aliphatic carbocycles. The highest BCUT2D eigenvalue weighted by Gasteiger charge is 2.38. The van der Waals surface area contributed by atoms with Crippen molar-refractivity contribution in [2.24, 2.45) is 0 Å². The van der Waals surface area contributed by atoms with Crippen molar-refractivity contribution in [1.82, 2.24) is 24.9 Å². The number of rotatable bonds is 6. The Morgan fingerprint density at radius 1 is 1.38 bits per heavy atom. The van der Waals surface area contributed by atoms with Gasteiger partial charge in [-0.15, -0.1) is 0 Å². The molecule has 0 aliphatic heterocycles. The predicted octanol–water partition coefficient (Wildman–Crippen LogP) is 2.92. The van der Waals surface area contributed by atoms with Crippen LogP contribution in [0.25, 0.3) is 0 Å². The summed E-state index contributed by atoms with van der Waals surface area (Å²) >= 11 is 11.3. The molecular weight excluding hydrogens is 370 g/mol. The minimum atomic E-state index is -4.59. The van der Waals surface area contributed by atoms with Gasteiger partial charge in [-0.2, -0.15) is 23.4 Å². The van der Waals surface area contributed by atoms with E-state index in [1.165, 1.54) is 28.7 Å².